The number of aliphatic imine (C=N–C) groups is 1. The number of aliphatic hydroxyl groups is 1. The number of rotatable bonds is 0. The molecule has 68 valence electrons. The summed E-state index contributed by atoms with van der Waals surface area (Å²) in [6.07, 6.45) is 1.13. The molecule has 0 aromatic carbocycles. The number of carbonyl (C=O) groups is 1. The van der Waals surface area contributed by atoms with Crippen LogP contribution < -0.4 is 0 Å². The average molecular weight is 179 g/mol. The lowest BCUT2D eigenvalue weighted by atomic mass is 9.99. The van der Waals surface area contributed by atoms with E-state index in [9.17, 15) is 9.90 Å². The zero-order valence-corrected chi connectivity index (χ0v) is 7.35. The van der Waals surface area contributed by atoms with Crippen LogP contribution in [0, 0.1) is 5.92 Å². The molecule has 0 bridgehead atoms. The molecule has 2 aliphatic heterocycles. The first-order valence-corrected chi connectivity index (χ1v) is 3.91. The second-order valence-electron chi connectivity index (χ2n) is 3.08. The van der Waals surface area contributed by atoms with Crippen LogP contribution in [0.5, 0.6) is 0 Å². The summed E-state index contributed by atoms with van der Waals surface area (Å²) >= 11 is 0. The van der Waals surface area contributed by atoms with Gasteiger partial charge in [-0.25, -0.2) is 0 Å². The highest BCUT2D eigenvalue weighted by atomic mass is 16.3. The van der Waals surface area contributed by atoms with Crippen LogP contribution in [0.2, 0.25) is 0 Å². The van der Waals surface area contributed by atoms with Crippen LogP contribution in [0.25, 0.3) is 0 Å². The Morgan fingerprint density at radius 1 is 1.62 bits per heavy atom. The van der Waals surface area contributed by atoms with E-state index in [1.807, 2.05) is 0 Å². The van der Waals surface area contributed by atoms with Crippen molar-refractivity contribution in [2.24, 2.45) is 16.0 Å². The van der Waals surface area contributed by atoms with Gasteiger partial charge in [0.1, 0.15) is 17.5 Å². The average Bonchev–Trinajstić information content (AvgIpc) is 2.27. The fourth-order valence-corrected chi connectivity index (χ4v) is 1.56. The maximum Gasteiger partial charge on any atom is 0.274 e. The van der Waals surface area contributed by atoms with Crippen LogP contribution in [-0.2, 0) is 4.79 Å². The van der Waals surface area contributed by atoms with E-state index in [4.69, 9.17) is 0 Å². The standard InChI is InChI=1S/C8H9N3O2/c1-4-7-5(12)3-6(13)9-8(7)11(2)10-4/h3,7,12H,1-2H3. The normalized spacial score (nSPS) is 26.6. The molecule has 0 aliphatic carbocycles. The molecule has 2 aliphatic rings. The smallest absolute Gasteiger partial charge is 0.274 e. The fourth-order valence-electron chi connectivity index (χ4n) is 1.56. The lowest BCUT2D eigenvalue weighted by Crippen LogP contribution is -2.30. The molecular formula is C8H9N3O2. The summed E-state index contributed by atoms with van der Waals surface area (Å²) in [5.74, 6) is -0.216. The molecule has 1 unspecified atom stereocenters. The quantitative estimate of drug-likeness (QED) is 0.581. The zero-order chi connectivity index (χ0) is 9.59. The Balaban J connectivity index is 2.47. The maximum absolute atomic E-state index is 11.0. The Kier molecular flexibility index (Phi) is 1.48. The van der Waals surface area contributed by atoms with Crippen molar-refractivity contribution in [2.75, 3.05) is 7.05 Å². The van der Waals surface area contributed by atoms with Gasteiger partial charge < -0.3 is 5.11 Å². The largest absolute Gasteiger partial charge is 0.511 e. The van der Waals surface area contributed by atoms with Crippen LogP contribution >= 0.6 is 0 Å². The molecule has 2 heterocycles. The second kappa shape index (κ2) is 2.42. The van der Waals surface area contributed by atoms with Gasteiger partial charge >= 0.3 is 0 Å². The number of hydrogen-bond donors (Lipinski definition) is 1. The van der Waals surface area contributed by atoms with Gasteiger partial charge in [-0.15, -0.1) is 0 Å². The molecule has 1 N–H and O–H groups in total. The Labute approximate surface area is 75.1 Å². The van der Waals surface area contributed by atoms with Crippen LogP contribution in [0.1, 0.15) is 6.92 Å². The Bertz CT molecular complexity index is 368. The summed E-state index contributed by atoms with van der Waals surface area (Å²) in [5, 5.41) is 15.1. The third-order valence-corrected chi connectivity index (χ3v) is 2.11. The predicted molar refractivity (Wildman–Crippen MR) is 47.5 cm³/mol. The van der Waals surface area contributed by atoms with Crippen molar-refractivity contribution in [3.8, 4) is 0 Å². The first-order chi connectivity index (χ1) is 6.09. The number of amides is 1. The molecule has 0 aromatic heterocycles. The second-order valence-corrected chi connectivity index (χ2v) is 3.08. The summed E-state index contributed by atoms with van der Waals surface area (Å²) in [7, 11) is 1.70. The minimum Gasteiger partial charge on any atom is -0.511 e. The highest BCUT2D eigenvalue weighted by Crippen LogP contribution is 2.24. The highest BCUT2D eigenvalue weighted by molar-refractivity contribution is 6.17. The highest BCUT2D eigenvalue weighted by Gasteiger charge is 2.35. The van der Waals surface area contributed by atoms with Crippen molar-refractivity contribution in [3.05, 3.63) is 11.8 Å². The zero-order valence-electron chi connectivity index (χ0n) is 7.35. The van der Waals surface area contributed by atoms with E-state index < -0.39 is 5.91 Å². The van der Waals surface area contributed by atoms with Gasteiger partial charge in [-0.05, 0) is 6.92 Å². The summed E-state index contributed by atoms with van der Waals surface area (Å²) in [5.41, 5.74) is 0.752. The maximum atomic E-state index is 11.0. The molecule has 1 amide bonds. The Hall–Kier alpha value is -1.65. The summed E-state index contributed by atoms with van der Waals surface area (Å²) < 4.78 is 0. The topological polar surface area (TPSA) is 65.3 Å². The van der Waals surface area contributed by atoms with E-state index in [-0.39, 0.29) is 11.7 Å². The molecule has 2 rings (SSSR count). The van der Waals surface area contributed by atoms with E-state index in [1.54, 1.807) is 14.0 Å². The molecule has 13 heavy (non-hydrogen) atoms. The number of hydrazone groups is 1. The van der Waals surface area contributed by atoms with Crippen molar-refractivity contribution < 1.29 is 9.90 Å². The van der Waals surface area contributed by atoms with Gasteiger partial charge in [-0.1, -0.05) is 0 Å². The monoisotopic (exact) mass is 179 g/mol. The summed E-state index contributed by atoms with van der Waals surface area (Å²) in [6, 6.07) is 0. The van der Waals surface area contributed by atoms with Crippen molar-refractivity contribution >= 4 is 17.5 Å². The molecule has 5 heteroatoms. The van der Waals surface area contributed by atoms with Crippen molar-refractivity contribution in [1.82, 2.24) is 5.01 Å². The molecule has 1 atom stereocenters. The van der Waals surface area contributed by atoms with Crippen molar-refractivity contribution in [2.45, 2.75) is 6.92 Å². The SMILES string of the molecule is CC1=NN(C)C2=NC(=O)C=C(O)C12. The van der Waals surface area contributed by atoms with Crippen LogP contribution in [-0.4, -0.2) is 34.6 Å². The minimum absolute atomic E-state index is 0.0283. The van der Waals surface area contributed by atoms with Crippen molar-refractivity contribution in [3.63, 3.8) is 0 Å². The number of dihydropyridines is 1. The summed E-state index contributed by atoms with van der Waals surface area (Å²) in [6.45, 7) is 1.80. The van der Waals surface area contributed by atoms with Gasteiger partial charge in [0.25, 0.3) is 5.91 Å². The van der Waals surface area contributed by atoms with Gasteiger partial charge in [0, 0.05) is 13.1 Å². The first-order valence-electron chi connectivity index (χ1n) is 3.91. The van der Waals surface area contributed by atoms with Crippen molar-refractivity contribution in [1.29, 1.82) is 0 Å². The lowest BCUT2D eigenvalue weighted by molar-refractivity contribution is -0.113. The number of fused-ring (bicyclic) bond motifs is 1. The lowest BCUT2D eigenvalue weighted by Gasteiger charge is -2.16. The molecule has 0 saturated heterocycles. The molecule has 0 spiro atoms. The van der Waals surface area contributed by atoms with E-state index >= 15 is 0 Å². The number of amidine groups is 1. The number of nitrogens with zero attached hydrogens (tertiary/aromatic N) is 3. The molecule has 0 radical (unpaired) electrons. The number of hydrogen-bond acceptors (Lipinski definition) is 4. The van der Waals surface area contributed by atoms with Gasteiger partial charge in [0.15, 0.2) is 0 Å². The van der Waals surface area contributed by atoms with Gasteiger partial charge in [0.05, 0.1) is 5.71 Å². The molecule has 0 fully saturated rings. The van der Waals surface area contributed by atoms with Gasteiger partial charge in [-0.3, -0.25) is 9.80 Å². The van der Waals surface area contributed by atoms with Crippen LogP contribution in [0.4, 0.5) is 0 Å². The van der Waals surface area contributed by atoms with Gasteiger partial charge in [0.2, 0.25) is 0 Å². The van der Waals surface area contributed by atoms with E-state index in [0.29, 0.717) is 5.84 Å². The van der Waals surface area contributed by atoms with Crippen LogP contribution in [0.15, 0.2) is 21.9 Å². The number of carbonyl (C=O) groups excluding carboxylic acids is 1. The molecule has 0 aromatic rings. The summed E-state index contributed by atoms with van der Waals surface area (Å²) in [4.78, 5) is 14.7. The van der Waals surface area contributed by atoms with E-state index in [1.165, 1.54) is 5.01 Å². The predicted octanol–water partition coefficient (Wildman–Crippen LogP) is 0.305. The molecule has 0 saturated carbocycles. The Morgan fingerprint density at radius 3 is 3.00 bits per heavy atom. The van der Waals surface area contributed by atoms with Gasteiger partial charge in [-0.2, -0.15) is 10.1 Å². The molecule has 5 nitrogen and oxygen atoms in total. The fraction of sp³-hybridized carbons (Fsp3) is 0.375. The van der Waals surface area contributed by atoms with E-state index in [0.717, 1.165) is 11.8 Å². The first kappa shape index (κ1) is 7.97. The van der Waals surface area contributed by atoms with E-state index in [2.05, 4.69) is 10.1 Å². The van der Waals surface area contributed by atoms with Crippen LogP contribution in [0.3, 0.4) is 0 Å². The number of aliphatic hydroxyl groups excluding tert-OH is 1. The minimum atomic E-state index is -0.430. The Morgan fingerprint density at radius 2 is 2.31 bits per heavy atom. The molecular weight excluding hydrogens is 170 g/mol. The third kappa shape index (κ3) is 1.04. The third-order valence-electron chi connectivity index (χ3n) is 2.11.